The van der Waals surface area contributed by atoms with E-state index < -0.39 is 0 Å². The predicted octanol–water partition coefficient (Wildman–Crippen LogP) is 1.14. The highest BCUT2D eigenvalue weighted by Crippen LogP contribution is 2.47. The average molecular weight is 140 g/mol. The summed E-state index contributed by atoms with van der Waals surface area (Å²) in [4.78, 5) is 10.4. The average Bonchev–Trinajstić information content (AvgIpc) is 2.70. The fourth-order valence-corrected chi connectivity index (χ4v) is 1.67. The molecule has 1 saturated heterocycles. The first kappa shape index (κ1) is 6.35. The Morgan fingerprint density at radius 3 is 2.90 bits per heavy atom. The lowest BCUT2D eigenvalue weighted by Crippen LogP contribution is -2.27. The van der Waals surface area contributed by atoms with E-state index >= 15 is 0 Å². The lowest BCUT2D eigenvalue weighted by molar-refractivity contribution is -0.117. The summed E-state index contributed by atoms with van der Waals surface area (Å²) in [5, 5.41) is 0. The number of rotatable bonds is 1. The SMILES string of the molecule is O=CC1CCOC2(CC2)C1. The van der Waals surface area contributed by atoms with E-state index in [0.29, 0.717) is 0 Å². The van der Waals surface area contributed by atoms with Gasteiger partial charge < -0.3 is 9.53 Å². The van der Waals surface area contributed by atoms with Gasteiger partial charge in [-0.15, -0.1) is 0 Å². The van der Waals surface area contributed by atoms with E-state index in [-0.39, 0.29) is 11.5 Å². The Balaban J connectivity index is 1.97. The van der Waals surface area contributed by atoms with Crippen LogP contribution < -0.4 is 0 Å². The van der Waals surface area contributed by atoms with Gasteiger partial charge in [-0.1, -0.05) is 0 Å². The molecule has 2 heteroatoms. The molecule has 2 aliphatic rings. The van der Waals surface area contributed by atoms with Crippen molar-refractivity contribution >= 4 is 6.29 Å². The molecule has 0 aromatic rings. The highest BCUT2D eigenvalue weighted by atomic mass is 16.5. The second-order valence-electron chi connectivity index (χ2n) is 3.42. The number of hydrogen-bond donors (Lipinski definition) is 0. The van der Waals surface area contributed by atoms with Gasteiger partial charge in [-0.2, -0.15) is 0 Å². The summed E-state index contributed by atoms with van der Waals surface area (Å²) in [6, 6.07) is 0. The second-order valence-corrected chi connectivity index (χ2v) is 3.42. The first-order valence-electron chi connectivity index (χ1n) is 3.94. The Morgan fingerprint density at radius 1 is 1.50 bits per heavy atom. The summed E-state index contributed by atoms with van der Waals surface area (Å²) in [5.41, 5.74) is 0.170. The standard InChI is InChI=1S/C8H12O2/c9-6-7-1-4-10-8(5-7)2-3-8/h6-7H,1-5H2. The molecule has 1 aliphatic carbocycles. The molecule has 56 valence electrons. The Morgan fingerprint density at radius 2 is 2.30 bits per heavy atom. The Labute approximate surface area is 60.6 Å². The molecule has 2 nitrogen and oxygen atoms in total. The summed E-state index contributed by atoms with van der Waals surface area (Å²) in [7, 11) is 0. The monoisotopic (exact) mass is 140 g/mol. The maximum Gasteiger partial charge on any atom is 0.123 e. The normalized spacial score (nSPS) is 35.8. The molecule has 1 spiro atoms. The van der Waals surface area contributed by atoms with Gasteiger partial charge in [0.2, 0.25) is 0 Å². The van der Waals surface area contributed by atoms with Gasteiger partial charge in [-0.3, -0.25) is 0 Å². The van der Waals surface area contributed by atoms with Crippen LogP contribution in [0.15, 0.2) is 0 Å². The quantitative estimate of drug-likeness (QED) is 0.510. The van der Waals surface area contributed by atoms with E-state index in [1.807, 2.05) is 0 Å². The minimum Gasteiger partial charge on any atom is -0.375 e. The van der Waals surface area contributed by atoms with Gasteiger partial charge >= 0.3 is 0 Å². The summed E-state index contributed by atoms with van der Waals surface area (Å²) >= 11 is 0. The predicted molar refractivity (Wildman–Crippen MR) is 36.7 cm³/mol. The third-order valence-electron chi connectivity index (χ3n) is 2.53. The van der Waals surface area contributed by atoms with Crippen molar-refractivity contribution in [2.75, 3.05) is 6.61 Å². The summed E-state index contributed by atoms with van der Waals surface area (Å²) in [5.74, 6) is 0.288. The molecule has 1 heterocycles. The number of carbonyl (C=O) groups excluding carboxylic acids is 1. The molecule has 0 bridgehead atoms. The van der Waals surface area contributed by atoms with E-state index in [0.717, 1.165) is 25.7 Å². The van der Waals surface area contributed by atoms with Crippen LogP contribution in [-0.2, 0) is 9.53 Å². The van der Waals surface area contributed by atoms with Crippen LogP contribution in [0.25, 0.3) is 0 Å². The van der Waals surface area contributed by atoms with Crippen LogP contribution >= 0.6 is 0 Å². The molecule has 1 saturated carbocycles. The van der Waals surface area contributed by atoms with E-state index in [1.165, 1.54) is 12.8 Å². The molecular weight excluding hydrogens is 128 g/mol. The van der Waals surface area contributed by atoms with Crippen molar-refractivity contribution in [2.45, 2.75) is 31.3 Å². The smallest absolute Gasteiger partial charge is 0.123 e. The number of aldehydes is 1. The van der Waals surface area contributed by atoms with Gasteiger partial charge in [0, 0.05) is 12.5 Å². The van der Waals surface area contributed by atoms with Crippen molar-refractivity contribution in [3.63, 3.8) is 0 Å². The lowest BCUT2D eigenvalue weighted by Gasteiger charge is -2.25. The van der Waals surface area contributed by atoms with E-state index in [1.54, 1.807) is 0 Å². The largest absolute Gasteiger partial charge is 0.375 e. The van der Waals surface area contributed by atoms with Gasteiger partial charge in [-0.05, 0) is 25.7 Å². The van der Waals surface area contributed by atoms with Crippen molar-refractivity contribution in [3.8, 4) is 0 Å². The first-order valence-corrected chi connectivity index (χ1v) is 3.94. The van der Waals surface area contributed by atoms with Gasteiger partial charge in [0.05, 0.1) is 5.60 Å². The van der Waals surface area contributed by atoms with Crippen molar-refractivity contribution < 1.29 is 9.53 Å². The third kappa shape index (κ3) is 0.966. The van der Waals surface area contributed by atoms with E-state index in [9.17, 15) is 4.79 Å². The summed E-state index contributed by atoms with van der Waals surface area (Å²) < 4.78 is 5.55. The molecule has 2 fully saturated rings. The van der Waals surface area contributed by atoms with Crippen LogP contribution in [0.5, 0.6) is 0 Å². The van der Waals surface area contributed by atoms with Crippen molar-refractivity contribution in [1.29, 1.82) is 0 Å². The van der Waals surface area contributed by atoms with Crippen molar-refractivity contribution in [1.82, 2.24) is 0 Å². The topological polar surface area (TPSA) is 26.3 Å². The molecule has 1 atom stereocenters. The number of ether oxygens (including phenoxy) is 1. The summed E-state index contributed by atoms with van der Waals surface area (Å²) in [6.45, 7) is 0.795. The zero-order chi connectivity index (χ0) is 7.03. The zero-order valence-corrected chi connectivity index (χ0v) is 6.01. The van der Waals surface area contributed by atoms with Crippen LogP contribution in [0.3, 0.4) is 0 Å². The maximum absolute atomic E-state index is 10.4. The Hall–Kier alpha value is -0.370. The number of carbonyl (C=O) groups is 1. The minimum atomic E-state index is 0.170. The van der Waals surface area contributed by atoms with E-state index in [4.69, 9.17) is 4.74 Å². The lowest BCUT2D eigenvalue weighted by atomic mass is 9.96. The first-order chi connectivity index (χ1) is 4.85. The highest BCUT2D eigenvalue weighted by Gasteiger charge is 2.47. The van der Waals surface area contributed by atoms with Gasteiger partial charge in [0.15, 0.2) is 0 Å². The summed E-state index contributed by atoms with van der Waals surface area (Å²) in [6.07, 6.45) is 5.36. The molecule has 0 radical (unpaired) electrons. The fourth-order valence-electron chi connectivity index (χ4n) is 1.67. The molecular formula is C8H12O2. The Bertz CT molecular complexity index is 149. The minimum absolute atomic E-state index is 0.170. The van der Waals surface area contributed by atoms with E-state index in [2.05, 4.69) is 0 Å². The van der Waals surface area contributed by atoms with Crippen LogP contribution in [-0.4, -0.2) is 18.5 Å². The third-order valence-corrected chi connectivity index (χ3v) is 2.53. The molecule has 0 N–H and O–H groups in total. The number of hydrogen-bond acceptors (Lipinski definition) is 2. The molecule has 2 rings (SSSR count). The molecule has 1 aliphatic heterocycles. The fraction of sp³-hybridized carbons (Fsp3) is 0.875. The van der Waals surface area contributed by atoms with Crippen LogP contribution in [0, 0.1) is 5.92 Å². The molecule has 1 unspecified atom stereocenters. The van der Waals surface area contributed by atoms with Crippen LogP contribution in [0.1, 0.15) is 25.7 Å². The van der Waals surface area contributed by atoms with Crippen LogP contribution in [0.2, 0.25) is 0 Å². The highest BCUT2D eigenvalue weighted by molar-refractivity contribution is 5.54. The van der Waals surface area contributed by atoms with Crippen LogP contribution in [0.4, 0.5) is 0 Å². The Kier molecular flexibility index (Phi) is 1.31. The maximum atomic E-state index is 10.4. The molecule has 0 aromatic carbocycles. The van der Waals surface area contributed by atoms with Crippen molar-refractivity contribution in [2.24, 2.45) is 5.92 Å². The van der Waals surface area contributed by atoms with Crippen molar-refractivity contribution in [3.05, 3.63) is 0 Å². The second kappa shape index (κ2) is 2.06. The van der Waals surface area contributed by atoms with Gasteiger partial charge in [0.25, 0.3) is 0 Å². The van der Waals surface area contributed by atoms with Gasteiger partial charge in [0.1, 0.15) is 6.29 Å². The zero-order valence-electron chi connectivity index (χ0n) is 6.01. The van der Waals surface area contributed by atoms with Gasteiger partial charge in [-0.25, -0.2) is 0 Å². The molecule has 0 aromatic heterocycles. The molecule has 0 amide bonds. The molecule has 10 heavy (non-hydrogen) atoms.